The Morgan fingerprint density at radius 2 is 2.00 bits per heavy atom. The minimum Gasteiger partial charge on any atom is -0.478 e. The number of hydrogen-bond donors (Lipinski definition) is 2. The molecule has 0 fully saturated rings. The minimum atomic E-state index is -0.857. The summed E-state index contributed by atoms with van der Waals surface area (Å²) in [4.78, 5) is 11.7. The van der Waals surface area contributed by atoms with Gasteiger partial charge in [-0.05, 0) is 56.0 Å². The van der Waals surface area contributed by atoms with Gasteiger partial charge in [0.25, 0.3) is 0 Å². The Kier molecular flexibility index (Phi) is 4.68. The molecule has 0 aliphatic rings. The van der Waals surface area contributed by atoms with Crippen LogP contribution in [0.2, 0.25) is 0 Å². The molecule has 0 radical (unpaired) electrons. The Labute approximate surface area is 125 Å². The Hall–Kier alpha value is -1.81. The number of fused-ring (bicyclic) bond motifs is 1. The van der Waals surface area contributed by atoms with E-state index in [-0.39, 0.29) is 0 Å². The van der Waals surface area contributed by atoms with E-state index in [1.165, 1.54) is 5.56 Å². The van der Waals surface area contributed by atoms with Crippen LogP contribution in [0.4, 0.5) is 0 Å². The fraction of sp³-hybridized carbons (Fsp3) is 0.471. The number of rotatable bonds is 6. The normalized spacial score (nSPS) is 11.2. The van der Waals surface area contributed by atoms with Crippen LogP contribution in [0, 0.1) is 6.92 Å². The van der Waals surface area contributed by atoms with Gasteiger partial charge in [-0.1, -0.05) is 13.8 Å². The molecule has 21 heavy (non-hydrogen) atoms. The van der Waals surface area contributed by atoms with Crippen LogP contribution in [0.15, 0.2) is 12.1 Å². The molecule has 1 aromatic carbocycles. The Morgan fingerprint density at radius 3 is 2.52 bits per heavy atom. The molecule has 1 heterocycles. The van der Waals surface area contributed by atoms with Crippen LogP contribution in [-0.4, -0.2) is 22.2 Å². The highest BCUT2D eigenvalue weighted by atomic mass is 16.4. The van der Waals surface area contributed by atoms with Gasteiger partial charge in [-0.2, -0.15) is 0 Å². The van der Waals surface area contributed by atoms with Gasteiger partial charge in [0.15, 0.2) is 0 Å². The van der Waals surface area contributed by atoms with Crippen molar-refractivity contribution in [1.82, 2.24) is 4.57 Å². The van der Waals surface area contributed by atoms with Gasteiger partial charge in [0.1, 0.15) is 0 Å². The van der Waals surface area contributed by atoms with E-state index in [0.29, 0.717) is 12.1 Å². The number of carboxylic acid groups (broad SMARTS) is 1. The zero-order valence-corrected chi connectivity index (χ0v) is 13.1. The number of aromatic carboxylic acids is 1. The van der Waals surface area contributed by atoms with Crippen LogP contribution < -0.4 is 5.73 Å². The molecule has 2 aromatic rings. The van der Waals surface area contributed by atoms with Crippen LogP contribution in [0.3, 0.4) is 0 Å². The average Bonchev–Trinajstić information content (AvgIpc) is 2.74. The maximum absolute atomic E-state index is 11.7. The lowest BCUT2D eigenvalue weighted by atomic mass is 10.0. The van der Waals surface area contributed by atoms with Crippen LogP contribution in [-0.2, 0) is 19.4 Å². The van der Waals surface area contributed by atoms with Gasteiger partial charge >= 0.3 is 5.97 Å². The fourth-order valence-electron chi connectivity index (χ4n) is 3.08. The largest absolute Gasteiger partial charge is 0.478 e. The second-order valence-corrected chi connectivity index (χ2v) is 5.41. The summed E-state index contributed by atoms with van der Waals surface area (Å²) in [7, 11) is 0. The molecule has 2 rings (SSSR count). The topological polar surface area (TPSA) is 68.2 Å². The molecule has 0 amide bonds. The predicted octanol–water partition coefficient (Wildman–Crippen LogP) is 3.12. The van der Waals surface area contributed by atoms with Crippen molar-refractivity contribution in [3.05, 3.63) is 34.5 Å². The summed E-state index contributed by atoms with van der Waals surface area (Å²) in [6, 6.07) is 3.95. The number of carbonyl (C=O) groups is 1. The van der Waals surface area contributed by atoms with Crippen molar-refractivity contribution in [3.63, 3.8) is 0 Å². The smallest absolute Gasteiger partial charge is 0.337 e. The molecule has 4 heteroatoms. The Morgan fingerprint density at radius 1 is 1.29 bits per heavy atom. The Balaban J connectivity index is 2.82. The molecule has 0 aliphatic heterocycles. The lowest BCUT2D eigenvalue weighted by molar-refractivity contribution is 0.0698. The highest BCUT2D eigenvalue weighted by Gasteiger charge is 2.19. The molecule has 0 atom stereocenters. The van der Waals surface area contributed by atoms with Gasteiger partial charge in [-0.3, -0.25) is 0 Å². The summed E-state index contributed by atoms with van der Waals surface area (Å²) in [5.74, 6) is -0.857. The first kappa shape index (κ1) is 15.6. The molecule has 0 bridgehead atoms. The number of carboxylic acids is 1. The van der Waals surface area contributed by atoms with E-state index < -0.39 is 5.97 Å². The van der Waals surface area contributed by atoms with Crippen molar-refractivity contribution in [2.45, 2.75) is 46.6 Å². The number of benzene rings is 1. The quantitative estimate of drug-likeness (QED) is 0.858. The number of aryl methyl sites for hydroxylation is 3. The summed E-state index contributed by atoms with van der Waals surface area (Å²) in [6.45, 7) is 7.62. The van der Waals surface area contributed by atoms with E-state index in [9.17, 15) is 9.90 Å². The van der Waals surface area contributed by atoms with Crippen molar-refractivity contribution in [3.8, 4) is 0 Å². The van der Waals surface area contributed by atoms with Gasteiger partial charge in [-0.25, -0.2) is 4.79 Å². The summed E-state index contributed by atoms with van der Waals surface area (Å²) in [6.07, 6.45) is 2.60. The van der Waals surface area contributed by atoms with Crippen molar-refractivity contribution in [2.24, 2.45) is 5.73 Å². The van der Waals surface area contributed by atoms with Crippen LogP contribution >= 0.6 is 0 Å². The predicted molar refractivity (Wildman–Crippen MR) is 86.1 cm³/mol. The molecular formula is C17H24N2O2. The minimum absolute atomic E-state index is 0.407. The summed E-state index contributed by atoms with van der Waals surface area (Å²) in [5.41, 5.74) is 10.4. The van der Waals surface area contributed by atoms with E-state index in [1.807, 2.05) is 6.07 Å². The first-order valence-corrected chi connectivity index (χ1v) is 7.63. The third kappa shape index (κ3) is 2.68. The van der Waals surface area contributed by atoms with E-state index in [4.69, 9.17) is 5.73 Å². The standard InChI is InChI=1S/C17H24N2O2/c1-4-12-9-14-13(5-2)11(3)19(8-6-7-18)16(14)15(10-12)17(20)21/h9-10H,4-8,18H2,1-3H3,(H,20,21). The van der Waals surface area contributed by atoms with Crippen molar-refractivity contribution in [2.75, 3.05) is 6.54 Å². The molecule has 0 aliphatic carbocycles. The second kappa shape index (κ2) is 6.31. The maximum Gasteiger partial charge on any atom is 0.337 e. The molecule has 1 aromatic heterocycles. The van der Waals surface area contributed by atoms with Crippen LogP contribution in [0.1, 0.15) is 47.4 Å². The van der Waals surface area contributed by atoms with Crippen molar-refractivity contribution < 1.29 is 9.90 Å². The highest BCUT2D eigenvalue weighted by Crippen LogP contribution is 2.31. The SMILES string of the molecule is CCc1cc(C(=O)O)c2c(c1)c(CC)c(C)n2CCCN. The molecular weight excluding hydrogens is 264 g/mol. The number of nitrogens with two attached hydrogens (primary N) is 1. The fourth-order valence-corrected chi connectivity index (χ4v) is 3.08. The zero-order chi connectivity index (χ0) is 15.6. The highest BCUT2D eigenvalue weighted by molar-refractivity contribution is 6.04. The monoisotopic (exact) mass is 288 g/mol. The molecule has 4 nitrogen and oxygen atoms in total. The molecule has 114 valence electrons. The number of nitrogens with zero attached hydrogens (tertiary/aromatic N) is 1. The second-order valence-electron chi connectivity index (χ2n) is 5.41. The molecule has 3 N–H and O–H groups in total. The average molecular weight is 288 g/mol. The molecule has 0 unspecified atom stereocenters. The van der Waals surface area contributed by atoms with E-state index >= 15 is 0 Å². The lowest BCUT2D eigenvalue weighted by Gasteiger charge is -2.10. The van der Waals surface area contributed by atoms with Gasteiger partial charge in [0.05, 0.1) is 11.1 Å². The van der Waals surface area contributed by atoms with Crippen LogP contribution in [0.5, 0.6) is 0 Å². The maximum atomic E-state index is 11.7. The lowest BCUT2D eigenvalue weighted by Crippen LogP contribution is -2.09. The molecule has 0 spiro atoms. The summed E-state index contributed by atoms with van der Waals surface area (Å²) < 4.78 is 2.13. The summed E-state index contributed by atoms with van der Waals surface area (Å²) >= 11 is 0. The van der Waals surface area contributed by atoms with Gasteiger partial charge in [0.2, 0.25) is 0 Å². The third-order valence-electron chi connectivity index (χ3n) is 4.18. The Bertz CT molecular complexity index is 671. The van der Waals surface area contributed by atoms with E-state index in [0.717, 1.165) is 48.0 Å². The summed E-state index contributed by atoms with van der Waals surface area (Å²) in [5, 5.41) is 10.7. The third-order valence-corrected chi connectivity index (χ3v) is 4.18. The first-order chi connectivity index (χ1) is 10.0. The molecule has 0 saturated carbocycles. The van der Waals surface area contributed by atoms with Crippen molar-refractivity contribution >= 4 is 16.9 Å². The van der Waals surface area contributed by atoms with E-state index in [1.54, 1.807) is 0 Å². The molecule has 0 saturated heterocycles. The van der Waals surface area contributed by atoms with Crippen LogP contribution in [0.25, 0.3) is 10.9 Å². The van der Waals surface area contributed by atoms with Gasteiger partial charge < -0.3 is 15.4 Å². The first-order valence-electron chi connectivity index (χ1n) is 7.63. The van der Waals surface area contributed by atoms with Crippen molar-refractivity contribution in [1.29, 1.82) is 0 Å². The van der Waals surface area contributed by atoms with Gasteiger partial charge in [0, 0.05) is 17.6 Å². The van der Waals surface area contributed by atoms with Gasteiger partial charge in [-0.15, -0.1) is 0 Å². The van der Waals surface area contributed by atoms with E-state index in [2.05, 4.69) is 31.4 Å². The number of aromatic nitrogens is 1. The zero-order valence-electron chi connectivity index (χ0n) is 13.1. The number of hydrogen-bond acceptors (Lipinski definition) is 2.